The summed E-state index contributed by atoms with van der Waals surface area (Å²) >= 11 is 0. The zero-order valence-corrected chi connectivity index (χ0v) is 17.9. The number of ether oxygens (including phenoxy) is 1. The second kappa shape index (κ2) is 9.45. The first-order valence-corrected chi connectivity index (χ1v) is 12.2. The van der Waals surface area contributed by atoms with Crippen LogP contribution in [0.25, 0.3) is 0 Å². The van der Waals surface area contributed by atoms with Crippen molar-refractivity contribution < 1.29 is 17.5 Å². The predicted molar refractivity (Wildman–Crippen MR) is 116 cm³/mol. The summed E-state index contributed by atoms with van der Waals surface area (Å²) in [5.41, 5.74) is 3.01. The van der Waals surface area contributed by atoms with Gasteiger partial charge in [0, 0.05) is 19.8 Å². The van der Waals surface area contributed by atoms with Crippen molar-refractivity contribution in [1.82, 2.24) is 5.32 Å². The van der Waals surface area contributed by atoms with Crippen LogP contribution in [-0.4, -0.2) is 28.2 Å². The summed E-state index contributed by atoms with van der Waals surface area (Å²) in [4.78, 5) is 0.170. The van der Waals surface area contributed by atoms with E-state index in [0.717, 1.165) is 81.5 Å². The molecular weight excluding hydrogens is 403 g/mol. The van der Waals surface area contributed by atoms with Crippen LogP contribution in [-0.2, 0) is 34.1 Å². The molecule has 162 valence electrons. The number of anilines is 1. The van der Waals surface area contributed by atoms with Crippen molar-refractivity contribution in [2.24, 2.45) is 5.92 Å². The average molecular weight is 433 g/mol. The number of halogens is 1. The van der Waals surface area contributed by atoms with Gasteiger partial charge in [0.15, 0.2) is 0 Å². The molecule has 2 aromatic rings. The molecule has 7 heteroatoms. The van der Waals surface area contributed by atoms with Gasteiger partial charge in [-0.3, -0.25) is 4.72 Å². The Hall–Kier alpha value is -1.96. The molecule has 1 fully saturated rings. The fourth-order valence-electron chi connectivity index (χ4n) is 4.25. The normalized spacial score (nSPS) is 17.5. The topological polar surface area (TPSA) is 67.4 Å². The van der Waals surface area contributed by atoms with Gasteiger partial charge in [0.1, 0.15) is 5.82 Å². The molecule has 0 radical (unpaired) electrons. The molecule has 0 spiro atoms. The van der Waals surface area contributed by atoms with E-state index in [9.17, 15) is 12.8 Å². The number of sulfonamides is 1. The van der Waals surface area contributed by atoms with Crippen LogP contribution in [0.3, 0.4) is 0 Å². The van der Waals surface area contributed by atoms with Gasteiger partial charge in [-0.1, -0.05) is 12.1 Å². The first kappa shape index (κ1) is 21.3. The van der Waals surface area contributed by atoms with Gasteiger partial charge < -0.3 is 10.1 Å². The third kappa shape index (κ3) is 5.20. The van der Waals surface area contributed by atoms with Crippen LogP contribution in [0.15, 0.2) is 41.3 Å². The smallest absolute Gasteiger partial charge is 0.261 e. The summed E-state index contributed by atoms with van der Waals surface area (Å²) in [6.45, 7) is 3.26. The monoisotopic (exact) mass is 432 g/mol. The zero-order valence-electron chi connectivity index (χ0n) is 17.1. The summed E-state index contributed by atoms with van der Waals surface area (Å²) in [7, 11) is -3.84. The molecule has 2 aliphatic rings. The molecule has 2 aromatic carbocycles. The van der Waals surface area contributed by atoms with Gasteiger partial charge in [-0.05, 0) is 91.9 Å². The standard InChI is InChI=1S/C23H29FN2O3S/c24-22-14-18(3-1-2-17-9-12-29-13-10-17)4-7-23(22)26-30(27,28)21-6-5-20-16-25-11-8-19(20)15-21/h4-7,14-15,17,25-26H,1-3,8-13,16H2. The van der Waals surface area contributed by atoms with Crippen LogP contribution < -0.4 is 10.0 Å². The van der Waals surface area contributed by atoms with E-state index in [4.69, 9.17) is 4.74 Å². The highest BCUT2D eigenvalue weighted by Crippen LogP contribution is 2.25. The van der Waals surface area contributed by atoms with E-state index in [0.29, 0.717) is 5.92 Å². The second-order valence-electron chi connectivity index (χ2n) is 8.22. The van der Waals surface area contributed by atoms with Crippen LogP contribution in [0, 0.1) is 11.7 Å². The summed E-state index contributed by atoms with van der Waals surface area (Å²) in [6.07, 6.45) is 5.91. The first-order valence-electron chi connectivity index (χ1n) is 10.7. The van der Waals surface area contributed by atoms with Crippen molar-refractivity contribution in [2.75, 3.05) is 24.5 Å². The summed E-state index contributed by atoms with van der Waals surface area (Å²) < 4.78 is 47.9. The number of hydrogen-bond acceptors (Lipinski definition) is 4. The van der Waals surface area contributed by atoms with Gasteiger partial charge in [-0.15, -0.1) is 0 Å². The molecule has 2 N–H and O–H groups in total. The van der Waals surface area contributed by atoms with Crippen molar-refractivity contribution in [3.63, 3.8) is 0 Å². The lowest BCUT2D eigenvalue weighted by molar-refractivity contribution is 0.0633. The number of rotatable bonds is 7. The lowest BCUT2D eigenvalue weighted by Gasteiger charge is -2.21. The fourth-order valence-corrected chi connectivity index (χ4v) is 5.37. The molecule has 2 aliphatic heterocycles. The van der Waals surface area contributed by atoms with Crippen molar-refractivity contribution in [3.05, 3.63) is 58.9 Å². The van der Waals surface area contributed by atoms with Gasteiger partial charge in [0.2, 0.25) is 0 Å². The Bertz CT molecular complexity index is 988. The quantitative estimate of drug-likeness (QED) is 0.694. The van der Waals surface area contributed by atoms with E-state index in [1.165, 1.54) is 12.1 Å². The number of benzene rings is 2. The SMILES string of the molecule is O=S(=O)(Nc1ccc(CCCC2CCOCC2)cc1F)c1ccc2c(c1)CCNC2. The maximum absolute atomic E-state index is 14.6. The highest BCUT2D eigenvalue weighted by Gasteiger charge is 2.19. The molecule has 0 atom stereocenters. The molecule has 1 saturated heterocycles. The zero-order chi connectivity index (χ0) is 21.0. The summed E-state index contributed by atoms with van der Waals surface area (Å²) in [5.74, 6) is 0.159. The Morgan fingerprint density at radius 1 is 1.10 bits per heavy atom. The van der Waals surface area contributed by atoms with Crippen LogP contribution in [0.2, 0.25) is 0 Å². The van der Waals surface area contributed by atoms with Crippen LogP contribution in [0.5, 0.6) is 0 Å². The summed E-state index contributed by atoms with van der Waals surface area (Å²) in [5, 5.41) is 3.26. The van der Waals surface area contributed by atoms with Crippen molar-refractivity contribution in [1.29, 1.82) is 0 Å². The molecular formula is C23H29FN2O3S. The highest BCUT2D eigenvalue weighted by atomic mass is 32.2. The van der Waals surface area contributed by atoms with Crippen molar-refractivity contribution >= 4 is 15.7 Å². The third-order valence-corrected chi connectivity index (χ3v) is 7.43. The van der Waals surface area contributed by atoms with Crippen molar-refractivity contribution in [3.8, 4) is 0 Å². The van der Waals surface area contributed by atoms with E-state index < -0.39 is 15.8 Å². The third-order valence-electron chi connectivity index (χ3n) is 6.07. The number of aryl methyl sites for hydroxylation is 1. The van der Waals surface area contributed by atoms with Crippen LogP contribution in [0.4, 0.5) is 10.1 Å². The second-order valence-corrected chi connectivity index (χ2v) is 9.91. The average Bonchev–Trinajstić information content (AvgIpc) is 2.76. The Morgan fingerprint density at radius 3 is 2.73 bits per heavy atom. The Balaban J connectivity index is 1.39. The number of hydrogen-bond donors (Lipinski definition) is 2. The Kier molecular flexibility index (Phi) is 6.71. The molecule has 2 heterocycles. The van der Waals surface area contributed by atoms with Gasteiger partial charge in [-0.2, -0.15) is 0 Å². The van der Waals surface area contributed by atoms with Crippen LogP contribution >= 0.6 is 0 Å². The highest BCUT2D eigenvalue weighted by molar-refractivity contribution is 7.92. The first-order chi connectivity index (χ1) is 14.5. The lowest BCUT2D eigenvalue weighted by atomic mass is 9.93. The van der Waals surface area contributed by atoms with E-state index >= 15 is 0 Å². The molecule has 0 bridgehead atoms. The van der Waals surface area contributed by atoms with Gasteiger partial charge >= 0.3 is 0 Å². The largest absolute Gasteiger partial charge is 0.381 e. The minimum atomic E-state index is -3.84. The number of fused-ring (bicyclic) bond motifs is 1. The van der Waals surface area contributed by atoms with E-state index in [-0.39, 0.29) is 10.6 Å². The molecule has 30 heavy (non-hydrogen) atoms. The van der Waals surface area contributed by atoms with Gasteiger partial charge in [0.05, 0.1) is 10.6 Å². The molecule has 0 saturated carbocycles. The molecule has 0 aromatic heterocycles. The molecule has 0 amide bonds. The predicted octanol–water partition coefficient (Wildman–Crippen LogP) is 4.02. The molecule has 0 aliphatic carbocycles. The van der Waals surface area contributed by atoms with E-state index in [1.807, 2.05) is 12.1 Å². The van der Waals surface area contributed by atoms with E-state index in [2.05, 4.69) is 10.0 Å². The van der Waals surface area contributed by atoms with Crippen LogP contribution in [0.1, 0.15) is 42.4 Å². The lowest BCUT2D eigenvalue weighted by Crippen LogP contribution is -2.24. The molecule has 5 nitrogen and oxygen atoms in total. The minimum absolute atomic E-state index is 0.0115. The molecule has 0 unspecified atom stereocenters. The Morgan fingerprint density at radius 2 is 1.93 bits per heavy atom. The number of nitrogens with one attached hydrogen (secondary N) is 2. The van der Waals surface area contributed by atoms with Gasteiger partial charge in [0.25, 0.3) is 10.0 Å². The maximum atomic E-state index is 14.6. The Labute approximate surface area is 178 Å². The van der Waals surface area contributed by atoms with E-state index in [1.54, 1.807) is 12.1 Å². The van der Waals surface area contributed by atoms with Crippen molar-refractivity contribution in [2.45, 2.75) is 50.0 Å². The summed E-state index contributed by atoms with van der Waals surface area (Å²) in [6, 6.07) is 9.88. The maximum Gasteiger partial charge on any atom is 0.261 e. The minimum Gasteiger partial charge on any atom is -0.381 e. The molecule has 4 rings (SSSR count). The van der Waals surface area contributed by atoms with Gasteiger partial charge in [-0.25, -0.2) is 12.8 Å². The fraction of sp³-hybridized carbons (Fsp3) is 0.478.